The minimum atomic E-state index is -4.03. The third kappa shape index (κ3) is 5.81. The lowest BCUT2D eigenvalue weighted by molar-refractivity contribution is -0.939. The molecule has 2 saturated carbocycles. The van der Waals surface area contributed by atoms with Gasteiger partial charge in [-0.1, -0.05) is 13.0 Å². The molecule has 2 N–H and O–H groups in total. The van der Waals surface area contributed by atoms with Gasteiger partial charge < -0.3 is 37.6 Å². The van der Waals surface area contributed by atoms with Crippen LogP contribution in [0.5, 0.6) is 5.75 Å². The Morgan fingerprint density at radius 3 is 2.44 bits per heavy atom. The lowest BCUT2D eigenvalue weighted by atomic mass is 9.55. The Labute approximate surface area is 233 Å². The van der Waals surface area contributed by atoms with Crippen molar-refractivity contribution in [3.8, 4) is 5.75 Å². The topological polar surface area (TPSA) is 105 Å². The standard InChI is InChI=1S/C26H41N2O6S.HI/c1-5-28(6-2,7-3)17-32-25(29)33-24-13-12-23-22-10-8-18-16-19(34-35(27,30)31)9-11-20(18)21(22)14-15-26(23,24)4;/h9,11,16,21-24H,5-8,10,12-15,17H2,1-4H3,(H2,27,30,31);1H/q+1;/p-1/t21-,22-,23+,24+,26+;/m1./s1. The maximum Gasteiger partial charge on any atom is 0.512 e. The van der Waals surface area contributed by atoms with Gasteiger partial charge in [-0.25, -0.2) is 4.79 Å². The first-order valence-corrected chi connectivity index (χ1v) is 14.5. The SMILES string of the molecule is CC[N+](CC)(CC)COC(=O)O[C@H]1CC[C@H]2[C@@H]3CCc4cc(OS(N)(=O)=O)ccc4[C@H]3CC[C@]12C.[I-]. The highest BCUT2D eigenvalue weighted by atomic mass is 127. The minimum Gasteiger partial charge on any atom is -1.00 e. The van der Waals surface area contributed by atoms with Crippen LogP contribution in [-0.4, -0.2) is 51.5 Å². The van der Waals surface area contributed by atoms with Crippen LogP contribution in [-0.2, 0) is 26.2 Å². The smallest absolute Gasteiger partial charge is 0.512 e. The van der Waals surface area contributed by atoms with Crippen molar-refractivity contribution < 1.29 is 55.3 Å². The molecule has 36 heavy (non-hydrogen) atoms. The van der Waals surface area contributed by atoms with Gasteiger partial charge in [0.25, 0.3) is 0 Å². The second kappa shape index (κ2) is 11.3. The molecule has 0 aromatic heterocycles. The average molecular weight is 637 g/mol. The van der Waals surface area contributed by atoms with E-state index in [1.54, 1.807) is 6.07 Å². The molecule has 4 rings (SSSR count). The summed E-state index contributed by atoms with van der Waals surface area (Å²) in [6.07, 6.45) is 5.22. The fraction of sp³-hybridized carbons (Fsp3) is 0.731. The van der Waals surface area contributed by atoms with E-state index in [4.69, 9.17) is 18.8 Å². The molecule has 2 fully saturated rings. The summed E-state index contributed by atoms with van der Waals surface area (Å²) < 4.78 is 39.8. The molecule has 204 valence electrons. The molecule has 8 nitrogen and oxygen atoms in total. The fourth-order valence-electron chi connectivity index (χ4n) is 7.17. The van der Waals surface area contributed by atoms with Crippen LogP contribution < -0.4 is 33.3 Å². The number of hydrogen-bond acceptors (Lipinski definition) is 6. The monoisotopic (exact) mass is 636 g/mol. The predicted molar refractivity (Wildman–Crippen MR) is 133 cm³/mol. The van der Waals surface area contributed by atoms with Crippen LogP contribution in [0.1, 0.15) is 76.8 Å². The molecule has 1 aromatic rings. The molecule has 0 heterocycles. The summed E-state index contributed by atoms with van der Waals surface area (Å²) in [7, 11) is -4.03. The number of ether oxygens (including phenoxy) is 2. The van der Waals surface area contributed by atoms with Gasteiger partial charge in [-0.15, -0.1) is 0 Å². The minimum absolute atomic E-state index is 0. The Bertz CT molecular complexity index is 1040. The molecule has 0 amide bonds. The van der Waals surface area contributed by atoms with Crippen molar-refractivity contribution in [2.45, 2.75) is 78.2 Å². The molecule has 0 saturated heterocycles. The van der Waals surface area contributed by atoms with Crippen molar-refractivity contribution >= 4 is 16.5 Å². The first-order valence-electron chi connectivity index (χ1n) is 13.1. The molecule has 0 radical (unpaired) electrons. The third-order valence-electron chi connectivity index (χ3n) is 9.53. The van der Waals surface area contributed by atoms with Crippen LogP contribution in [0.3, 0.4) is 0 Å². The molecular formula is C26H41IN2O6S. The second-order valence-electron chi connectivity index (χ2n) is 10.9. The zero-order valence-corrected chi connectivity index (χ0v) is 24.8. The van der Waals surface area contributed by atoms with Crippen molar-refractivity contribution in [2.24, 2.45) is 22.4 Å². The molecule has 1 aromatic carbocycles. The van der Waals surface area contributed by atoms with Gasteiger partial charge in [0.2, 0.25) is 6.73 Å². The molecule has 0 bridgehead atoms. The zero-order chi connectivity index (χ0) is 25.4. The first kappa shape index (κ1) is 29.4. The summed E-state index contributed by atoms with van der Waals surface area (Å²) in [5.74, 6) is 1.72. The maximum atomic E-state index is 12.7. The van der Waals surface area contributed by atoms with E-state index < -0.39 is 16.5 Å². The van der Waals surface area contributed by atoms with Crippen LogP contribution >= 0.6 is 0 Å². The Kier molecular flexibility index (Phi) is 9.27. The number of quaternary nitrogens is 1. The first-order chi connectivity index (χ1) is 16.5. The van der Waals surface area contributed by atoms with E-state index in [2.05, 4.69) is 27.7 Å². The summed E-state index contributed by atoms with van der Waals surface area (Å²) in [4.78, 5) is 12.7. The van der Waals surface area contributed by atoms with E-state index in [1.165, 1.54) is 5.56 Å². The van der Waals surface area contributed by atoms with Gasteiger partial charge in [0.15, 0.2) is 0 Å². The van der Waals surface area contributed by atoms with Gasteiger partial charge in [0.05, 0.1) is 19.6 Å². The summed E-state index contributed by atoms with van der Waals surface area (Å²) in [6.45, 7) is 11.8. The highest BCUT2D eigenvalue weighted by Crippen LogP contribution is 2.61. The highest BCUT2D eigenvalue weighted by Gasteiger charge is 2.56. The Morgan fingerprint density at radius 1 is 1.11 bits per heavy atom. The van der Waals surface area contributed by atoms with E-state index in [9.17, 15) is 13.2 Å². The van der Waals surface area contributed by atoms with E-state index in [0.717, 1.165) is 68.2 Å². The third-order valence-corrected chi connectivity index (χ3v) is 9.96. The zero-order valence-electron chi connectivity index (χ0n) is 21.9. The van der Waals surface area contributed by atoms with Crippen molar-refractivity contribution in [1.82, 2.24) is 0 Å². The van der Waals surface area contributed by atoms with Gasteiger partial charge in [0.1, 0.15) is 11.9 Å². The Hall–Kier alpha value is -1.11. The van der Waals surface area contributed by atoms with E-state index in [0.29, 0.717) is 24.5 Å². The maximum absolute atomic E-state index is 12.7. The number of halogens is 1. The van der Waals surface area contributed by atoms with Crippen LogP contribution in [0.2, 0.25) is 0 Å². The summed E-state index contributed by atoms with van der Waals surface area (Å²) in [5, 5.41) is 5.04. The van der Waals surface area contributed by atoms with E-state index in [1.807, 2.05) is 12.1 Å². The number of nitrogens with two attached hydrogens (primary N) is 1. The number of carbonyl (C=O) groups excluding carboxylic acids is 1. The Balaban J connectivity index is 0.00000361. The second-order valence-corrected chi connectivity index (χ2v) is 12.0. The largest absolute Gasteiger partial charge is 1.00 e. The van der Waals surface area contributed by atoms with Crippen LogP contribution in [0.15, 0.2) is 18.2 Å². The molecule has 0 aliphatic heterocycles. The van der Waals surface area contributed by atoms with Crippen LogP contribution in [0.4, 0.5) is 4.79 Å². The lowest BCUT2D eigenvalue weighted by Gasteiger charge is -2.50. The van der Waals surface area contributed by atoms with Gasteiger partial charge in [-0.3, -0.25) is 4.48 Å². The summed E-state index contributed by atoms with van der Waals surface area (Å²) in [5.41, 5.74) is 2.40. The lowest BCUT2D eigenvalue weighted by Crippen LogP contribution is -3.00. The van der Waals surface area contributed by atoms with Crippen molar-refractivity contribution in [3.63, 3.8) is 0 Å². The van der Waals surface area contributed by atoms with Crippen LogP contribution in [0.25, 0.3) is 0 Å². The predicted octanol–water partition coefficient (Wildman–Crippen LogP) is 1.48. The van der Waals surface area contributed by atoms with E-state index in [-0.39, 0.29) is 41.2 Å². The summed E-state index contributed by atoms with van der Waals surface area (Å²) >= 11 is 0. The van der Waals surface area contributed by atoms with Gasteiger partial charge in [-0.05, 0) is 100 Å². The average Bonchev–Trinajstić information content (AvgIpc) is 3.15. The molecular weight excluding hydrogens is 595 g/mol. The summed E-state index contributed by atoms with van der Waals surface area (Å²) in [6, 6.07) is 5.54. The van der Waals surface area contributed by atoms with Crippen molar-refractivity contribution in [1.29, 1.82) is 0 Å². The molecule has 0 spiro atoms. The van der Waals surface area contributed by atoms with Crippen molar-refractivity contribution in [2.75, 3.05) is 26.4 Å². The number of nitrogens with zero attached hydrogens (tertiary/aromatic N) is 1. The van der Waals surface area contributed by atoms with Gasteiger partial charge in [0, 0.05) is 5.41 Å². The number of carbonyl (C=O) groups is 1. The number of fused-ring (bicyclic) bond motifs is 5. The molecule has 10 heteroatoms. The molecule has 5 atom stereocenters. The Morgan fingerprint density at radius 2 is 1.81 bits per heavy atom. The van der Waals surface area contributed by atoms with Crippen molar-refractivity contribution in [3.05, 3.63) is 29.3 Å². The quantitative estimate of drug-likeness (QED) is 0.201. The molecule has 3 aliphatic rings. The number of hydrogen-bond donors (Lipinski definition) is 1. The van der Waals surface area contributed by atoms with E-state index >= 15 is 0 Å². The number of rotatable bonds is 8. The normalized spacial score (nSPS) is 29.2. The fourth-order valence-corrected chi connectivity index (χ4v) is 7.55. The molecule has 0 unspecified atom stereocenters. The highest BCUT2D eigenvalue weighted by molar-refractivity contribution is 7.84. The molecule has 3 aliphatic carbocycles. The number of aryl methyl sites for hydroxylation is 1. The van der Waals surface area contributed by atoms with Gasteiger partial charge >= 0.3 is 16.5 Å². The van der Waals surface area contributed by atoms with Crippen LogP contribution in [0, 0.1) is 17.3 Å². The number of benzene rings is 1. The van der Waals surface area contributed by atoms with Gasteiger partial charge in [-0.2, -0.15) is 13.6 Å².